The van der Waals surface area contributed by atoms with Gasteiger partial charge in [-0.3, -0.25) is 10.1 Å². The van der Waals surface area contributed by atoms with Crippen LogP contribution in [0.3, 0.4) is 0 Å². The van der Waals surface area contributed by atoms with Crippen LogP contribution in [0.4, 0.5) is 5.69 Å². The van der Waals surface area contributed by atoms with Crippen LogP contribution in [0.2, 0.25) is 0 Å². The minimum Gasteiger partial charge on any atom is -0.310 e. The first-order valence-electron chi connectivity index (χ1n) is 7.22. The predicted octanol–water partition coefficient (Wildman–Crippen LogP) is 2.41. The molecule has 1 aromatic rings. The zero-order chi connectivity index (χ0) is 14.5. The molecular weight excluding hydrogens is 254 g/mol. The van der Waals surface area contributed by atoms with Crippen LogP contribution in [0.1, 0.15) is 25.3 Å². The fraction of sp³-hybridized carbons (Fsp3) is 0.600. The van der Waals surface area contributed by atoms with Gasteiger partial charge in [-0.2, -0.15) is 0 Å². The van der Waals surface area contributed by atoms with Gasteiger partial charge >= 0.3 is 0 Å². The van der Waals surface area contributed by atoms with E-state index in [0.29, 0.717) is 18.5 Å². The summed E-state index contributed by atoms with van der Waals surface area (Å²) in [6, 6.07) is 7.32. The van der Waals surface area contributed by atoms with Crippen molar-refractivity contribution in [3.05, 3.63) is 39.9 Å². The predicted molar refractivity (Wildman–Crippen MR) is 79.6 cm³/mol. The minimum absolute atomic E-state index is 0.202. The molecule has 0 radical (unpaired) electrons. The molecule has 20 heavy (non-hydrogen) atoms. The van der Waals surface area contributed by atoms with E-state index >= 15 is 0 Å². The highest BCUT2D eigenvalue weighted by atomic mass is 16.6. The lowest BCUT2D eigenvalue weighted by Gasteiger charge is -2.34. The summed E-state index contributed by atoms with van der Waals surface area (Å²) >= 11 is 0. The van der Waals surface area contributed by atoms with Gasteiger partial charge in [0.05, 0.1) is 4.92 Å². The molecule has 0 saturated carbocycles. The van der Waals surface area contributed by atoms with Crippen LogP contribution in [0.5, 0.6) is 0 Å². The standard InChI is InChI=1S/C15H23N3O2/c1-12(14-7-5-9-17(2)11-14)16-10-13-6-3-4-8-15(13)18(19)20/h3-4,6,8,12,14,16H,5,7,9-11H2,1-2H3. The fourth-order valence-electron chi connectivity index (χ4n) is 2.89. The van der Waals surface area contributed by atoms with Crippen LogP contribution < -0.4 is 5.32 Å². The number of nitro groups is 1. The van der Waals surface area contributed by atoms with Crippen molar-refractivity contribution >= 4 is 5.69 Å². The summed E-state index contributed by atoms with van der Waals surface area (Å²) < 4.78 is 0. The topological polar surface area (TPSA) is 58.4 Å². The van der Waals surface area contributed by atoms with Gasteiger partial charge < -0.3 is 10.2 Å². The second-order valence-electron chi connectivity index (χ2n) is 5.72. The van der Waals surface area contributed by atoms with Gasteiger partial charge in [0.2, 0.25) is 0 Å². The molecule has 2 rings (SSSR count). The molecule has 1 heterocycles. The molecule has 0 bridgehead atoms. The molecule has 1 fully saturated rings. The van der Waals surface area contributed by atoms with E-state index in [0.717, 1.165) is 12.1 Å². The fourth-order valence-corrected chi connectivity index (χ4v) is 2.89. The van der Waals surface area contributed by atoms with Crippen LogP contribution in [0.15, 0.2) is 24.3 Å². The highest BCUT2D eigenvalue weighted by molar-refractivity contribution is 5.39. The van der Waals surface area contributed by atoms with E-state index in [4.69, 9.17) is 0 Å². The van der Waals surface area contributed by atoms with Crippen molar-refractivity contribution in [2.24, 2.45) is 5.92 Å². The van der Waals surface area contributed by atoms with E-state index in [1.807, 2.05) is 12.1 Å². The van der Waals surface area contributed by atoms with E-state index in [-0.39, 0.29) is 10.6 Å². The number of benzene rings is 1. The molecule has 1 aliphatic rings. The second-order valence-corrected chi connectivity index (χ2v) is 5.72. The normalized spacial score (nSPS) is 21.6. The molecule has 1 aromatic carbocycles. The van der Waals surface area contributed by atoms with E-state index in [9.17, 15) is 10.1 Å². The van der Waals surface area contributed by atoms with Crippen LogP contribution in [0, 0.1) is 16.0 Å². The van der Waals surface area contributed by atoms with Crippen molar-refractivity contribution in [2.45, 2.75) is 32.4 Å². The Hall–Kier alpha value is -1.46. The molecular formula is C15H23N3O2. The number of rotatable bonds is 5. The number of para-hydroxylation sites is 1. The quantitative estimate of drug-likeness (QED) is 0.663. The Morgan fingerprint density at radius 3 is 2.95 bits per heavy atom. The summed E-state index contributed by atoms with van der Waals surface area (Å²) in [6.07, 6.45) is 2.47. The zero-order valence-electron chi connectivity index (χ0n) is 12.2. The molecule has 5 nitrogen and oxygen atoms in total. The first-order chi connectivity index (χ1) is 9.58. The van der Waals surface area contributed by atoms with Gasteiger partial charge in [-0.05, 0) is 39.3 Å². The first kappa shape index (κ1) is 14.9. The number of nitro benzene ring substituents is 1. The van der Waals surface area contributed by atoms with Crippen LogP contribution >= 0.6 is 0 Å². The van der Waals surface area contributed by atoms with Crippen LogP contribution in [-0.2, 0) is 6.54 Å². The third-order valence-electron chi connectivity index (χ3n) is 4.17. The largest absolute Gasteiger partial charge is 0.310 e. The number of hydrogen-bond acceptors (Lipinski definition) is 4. The van der Waals surface area contributed by atoms with Gasteiger partial charge in [0, 0.05) is 30.8 Å². The summed E-state index contributed by atoms with van der Waals surface area (Å²) in [5, 5.41) is 14.4. The van der Waals surface area contributed by atoms with Crippen LogP contribution in [-0.4, -0.2) is 36.0 Å². The number of piperidine rings is 1. The SMILES string of the molecule is CC(NCc1ccccc1[N+](=O)[O-])C1CCCN(C)C1. The van der Waals surface area contributed by atoms with Gasteiger partial charge in [0.15, 0.2) is 0 Å². The monoisotopic (exact) mass is 277 g/mol. The minimum atomic E-state index is -0.309. The number of hydrogen-bond donors (Lipinski definition) is 1. The Bertz CT molecular complexity index is 464. The molecule has 5 heteroatoms. The van der Waals surface area contributed by atoms with E-state index in [1.165, 1.54) is 19.4 Å². The van der Waals surface area contributed by atoms with Crippen molar-refractivity contribution in [3.63, 3.8) is 0 Å². The van der Waals surface area contributed by atoms with Gasteiger partial charge in [-0.25, -0.2) is 0 Å². The first-order valence-corrected chi connectivity index (χ1v) is 7.22. The average Bonchev–Trinajstić information content (AvgIpc) is 2.45. The molecule has 1 saturated heterocycles. The van der Waals surface area contributed by atoms with Gasteiger partial charge in [-0.15, -0.1) is 0 Å². The number of nitrogens with one attached hydrogen (secondary N) is 1. The van der Waals surface area contributed by atoms with Crippen molar-refractivity contribution < 1.29 is 4.92 Å². The Labute approximate surface area is 120 Å². The molecule has 110 valence electrons. The Morgan fingerprint density at radius 1 is 1.50 bits per heavy atom. The summed E-state index contributed by atoms with van der Waals surface area (Å²) in [5.41, 5.74) is 0.960. The average molecular weight is 277 g/mol. The van der Waals surface area contributed by atoms with Gasteiger partial charge in [0.25, 0.3) is 5.69 Å². The Balaban J connectivity index is 1.93. The lowest BCUT2D eigenvalue weighted by Crippen LogP contribution is -2.42. The third kappa shape index (κ3) is 3.77. The molecule has 2 unspecified atom stereocenters. The number of nitrogens with zero attached hydrogens (tertiary/aromatic N) is 2. The maximum absolute atomic E-state index is 11.0. The van der Waals surface area contributed by atoms with E-state index in [1.54, 1.807) is 12.1 Å². The summed E-state index contributed by atoms with van der Waals surface area (Å²) in [7, 11) is 2.15. The molecule has 2 atom stereocenters. The molecule has 0 aliphatic carbocycles. The molecule has 0 spiro atoms. The van der Waals surface area contributed by atoms with E-state index < -0.39 is 0 Å². The molecule has 1 aliphatic heterocycles. The lowest BCUT2D eigenvalue weighted by molar-refractivity contribution is -0.385. The van der Waals surface area contributed by atoms with E-state index in [2.05, 4.69) is 24.2 Å². The smallest absolute Gasteiger partial charge is 0.273 e. The number of likely N-dealkylation sites (tertiary alicyclic amines) is 1. The highest BCUT2D eigenvalue weighted by Gasteiger charge is 2.23. The summed E-state index contributed by atoms with van der Waals surface area (Å²) in [6.45, 7) is 5.01. The Morgan fingerprint density at radius 2 is 2.25 bits per heavy atom. The molecule has 1 N–H and O–H groups in total. The summed E-state index contributed by atoms with van der Waals surface area (Å²) in [5.74, 6) is 0.622. The summed E-state index contributed by atoms with van der Waals surface area (Å²) in [4.78, 5) is 13.0. The van der Waals surface area contributed by atoms with Crippen molar-refractivity contribution in [1.29, 1.82) is 0 Å². The van der Waals surface area contributed by atoms with Gasteiger partial charge in [0.1, 0.15) is 0 Å². The second kappa shape index (κ2) is 6.81. The van der Waals surface area contributed by atoms with Crippen molar-refractivity contribution in [2.75, 3.05) is 20.1 Å². The molecule has 0 amide bonds. The maximum atomic E-state index is 11.0. The van der Waals surface area contributed by atoms with Crippen molar-refractivity contribution in [3.8, 4) is 0 Å². The highest BCUT2D eigenvalue weighted by Crippen LogP contribution is 2.21. The van der Waals surface area contributed by atoms with Gasteiger partial charge in [-0.1, -0.05) is 18.2 Å². The molecule has 0 aromatic heterocycles. The lowest BCUT2D eigenvalue weighted by atomic mass is 9.92. The van der Waals surface area contributed by atoms with Crippen molar-refractivity contribution in [1.82, 2.24) is 10.2 Å². The zero-order valence-corrected chi connectivity index (χ0v) is 12.2. The Kier molecular flexibility index (Phi) is 5.09. The maximum Gasteiger partial charge on any atom is 0.273 e. The van der Waals surface area contributed by atoms with Crippen LogP contribution in [0.25, 0.3) is 0 Å². The third-order valence-corrected chi connectivity index (χ3v) is 4.17.